The van der Waals surface area contributed by atoms with Crippen molar-refractivity contribution in [3.63, 3.8) is 0 Å². The molecule has 1 heterocycles. The summed E-state index contributed by atoms with van der Waals surface area (Å²) in [6.45, 7) is 2.24. The van der Waals surface area contributed by atoms with Crippen LogP contribution in [0.25, 0.3) is 0 Å². The minimum atomic E-state index is -3.46. The third kappa shape index (κ3) is 3.53. The maximum atomic E-state index is 12.4. The van der Waals surface area contributed by atoms with Crippen molar-refractivity contribution < 1.29 is 13.2 Å². The zero-order chi connectivity index (χ0) is 17.3. The monoisotopic (exact) mass is 364 g/mol. The molecule has 0 spiro atoms. The fourth-order valence-electron chi connectivity index (χ4n) is 2.85. The van der Waals surface area contributed by atoms with E-state index in [2.05, 4.69) is 17.0 Å². The lowest BCUT2D eigenvalue weighted by molar-refractivity contribution is 0.103. The van der Waals surface area contributed by atoms with E-state index in [0.717, 1.165) is 12.8 Å². The summed E-state index contributed by atoms with van der Waals surface area (Å²) in [6.07, 6.45) is 3.26. The number of hydrogen-bond donors (Lipinski definition) is 2. The number of carbonyl (C=O) groups excluding carboxylic acids is 1. The third-order valence-corrected chi connectivity index (χ3v) is 6.91. The maximum Gasteiger partial charge on any atom is 0.265 e. The first-order valence-electron chi connectivity index (χ1n) is 7.85. The van der Waals surface area contributed by atoms with Crippen molar-refractivity contribution in [3.05, 3.63) is 45.6 Å². The van der Waals surface area contributed by atoms with Crippen molar-refractivity contribution in [1.29, 1.82) is 0 Å². The summed E-state index contributed by atoms with van der Waals surface area (Å²) in [5.41, 5.74) is 1.87. The molecule has 1 atom stereocenters. The summed E-state index contributed by atoms with van der Waals surface area (Å²) < 4.78 is 25.7. The van der Waals surface area contributed by atoms with Crippen molar-refractivity contribution in [1.82, 2.24) is 4.72 Å². The first kappa shape index (κ1) is 17.1. The van der Waals surface area contributed by atoms with Crippen molar-refractivity contribution in [2.75, 3.05) is 12.4 Å². The van der Waals surface area contributed by atoms with Crippen molar-refractivity contribution in [2.24, 2.45) is 5.92 Å². The summed E-state index contributed by atoms with van der Waals surface area (Å²) in [5.74, 6) is 0.524. The Labute approximate surface area is 146 Å². The minimum Gasteiger partial charge on any atom is -0.321 e. The van der Waals surface area contributed by atoms with Crippen molar-refractivity contribution in [2.45, 2.75) is 31.1 Å². The van der Waals surface area contributed by atoms with Gasteiger partial charge < -0.3 is 5.32 Å². The van der Waals surface area contributed by atoms with Crippen LogP contribution in [0.5, 0.6) is 0 Å². The summed E-state index contributed by atoms with van der Waals surface area (Å²) in [4.78, 5) is 14.6. The number of aryl methyl sites for hydroxylation is 1. The molecule has 7 heteroatoms. The Hall–Kier alpha value is -1.70. The average molecular weight is 364 g/mol. The molecule has 0 saturated heterocycles. The molecule has 1 aliphatic carbocycles. The molecule has 24 heavy (non-hydrogen) atoms. The molecule has 1 aromatic carbocycles. The van der Waals surface area contributed by atoms with Gasteiger partial charge in [0.15, 0.2) is 0 Å². The molecule has 5 nitrogen and oxygen atoms in total. The lowest BCUT2D eigenvalue weighted by Gasteiger charge is -2.16. The van der Waals surface area contributed by atoms with Gasteiger partial charge in [0.1, 0.15) is 0 Å². The standard InChI is InChI=1S/C17H20N2O3S2/c1-11-3-8-15-12(9-11)10-16(23-15)17(20)19-13-4-6-14(7-5-13)24(21,22)18-2/h4-7,10-11,18H,3,8-9H2,1-2H3,(H,19,20)/t11-/m0/s1. The number of benzene rings is 1. The van der Waals surface area contributed by atoms with E-state index in [0.29, 0.717) is 16.5 Å². The van der Waals surface area contributed by atoms with Crippen LogP contribution in [0.15, 0.2) is 35.2 Å². The number of amides is 1. The lowest BCUT2D eigenvalue weighted by atomic mass is 9.90. The number of sulfonamides is 1. The van der Waals surface area contributed by atoms with Gasteiger partial charge in [0.25, 0.3) is 5.91 Å². The van der Waals surface area contributed by atoms with Crippen molar-refractivity contribution >= 4 is 33.0 Å². The predicted molar refractivity (Wildman–Crippen MR) is 96.1 cm³/mol. The fraction of sp³-hybridized carbons (Fsp3) is 0.353. The predicted octanol–water partition coefficient (Wildman–Crippen LogP) is 3.03. The molecule has 0 radical (unpaired) electrons. The molecule has 1 amide bonds. The highest BCUT2D eigenvalue weighted by molar-refractivity contribution is 7.89. The van der Waals surface area contributed by atoms with Crippen LogP contribution in [0.1, 0.15) is 33.5 Å². The lowest BCUT2D eigenvalue weighted by Crippen LogP contribution is -2.18. The van der Waals surface area contributed by atoms with Crippen LogP contribution in [0.3, 0.4) is 0 Å². The Bertz CT molecular complexity index is 854. The number of nitrogens with one attached hydrogen (secondary N) is 2. The maximum absolute atomic E-state index is 12.4. The molecule has 0 saturated carbocycles. The summed E-state index contributed by atoms with van der Waals surface area (Å²) in [5, 5.41) is 2.83. The van der Waals surface area contributed by atoms with Gasteiger partial charge in [-0.15, -0.1) is 11.3 Å². The highest BCUT2D eigenvalue weighted by Gasteiger charge is 2.20. The Morgan fingerprint density at radius 1 is 1.25 bits per heavy atom. The Morgan fingerprint density at radius 3 is 2.62 bits per heavy atom. The van der Waals surface area contributed by atoms with E-state index in [1.54, 1.807) is 23.5 Å². The van der Waals surface area contributed by atoms with Gasteiger partial charge in [-0.2, -0.15) is 0 Å². The van der Waals surface area contributed by atoms with Crippen LogP contribution in [0.2, 0.25) is 0 Å². The molecule has 1 aliphatic rings. The van der Waals surface area contributed by atoms with Crippen LogP contribution >= 0.6 is 11.3 Å². The molecular weight excluding hydrogens is 344 g/mol. The van der Waals surface area contributed by atoms with E-state index < -0.39 is 10.0 Å². The summed E-state index contributed by atoms with van der Waals surface area (Å²) in [6, 6.07) is 8.13. The Kier molecular flexibility index (Phi) is 4.76. The fourth-order valence-corrected chi connectivity index (χ4v) is 4.68. The SMILES string of the molecule is CNS(=O)(=O)c1ccc(NC(=O)c2cc3c(s2)CC[C@H](C)C3)cc1. The van der Waals surface area contributed by atoms with Gasteiger partial charge in [-0.05, 0) is 68.1 Å². The smallest absolute Gasteiger partial charge is 0.265 e. The van der Waals surface area contributed by atoms with Gasteiger partial charge in [-0.1, -0.05) is 6.92 Å². The van der Waals surface area contributed by atoms with Crippen molar-refractivity contribution in [3.8, 4) is 0 Å². The topological polar surface area (TPSA) is 75.3 Å². The van der Waals surface area contributed by atoms with Gasteiger partial charge >= 0.3 is 0 Å². The number of hydrogen-bond acceptors (Lipinski definition) is 4. The molecule has 2 aromatic rings. The number of rotatable bonds is 4. The van der Waals surface area contributed by atoms with Gasteiger partial charge in [0.05, 0.1) is 9.77 Å². The average Bonchev–Trinajstić information content (AvgIpc) is 2.98. The highest BCUT2D eigenvalue weighted by Crippen LogP contribution is 2.32. The van der Waals surface area contributed by atoms with E-state index in [1.165, 1.54) is 36.0 Å². The molecule has 0 aliphatic heterocycles. The second-order valence-corrected chi connectivity index (χ2v) is 9.12. The van der Waals surface area contributed by atoms with Crippen LogP contribution < -0.4 is 10.0 Å². The molecule has 0 fully saturated rings. The second kappa shape index (κ2) is 6.66. The van der Waals surface area contributed by atoms with Crippen LogP contribution in [0.4, 0.5) is 5.69 Å². The molecular formula is C17H20N2O3S2. The van der Waals surface area contributed by atoms with Crippen LogP contribution in [0, 0.1) is 5.92 Å². The largest absolute Gasteiger partial charge is 0.321 e. The van der Waals surface area contributed by atoms with E-state index >= 15 is 0 Å². The van der Waals surface area contributed by atoms with E-state index in [4.69, 9.17) is 0 Å². The van der Waals surface area contributed by atoms with Gasteiger partial charge in [0, 0.05) is 10.6 Å². The highest BCUT2D eigenvalue weighted by atomic mass is 32.2. The Morgan fingerprint density at radius 2 is 1.96 bits per heavy atom. The van der Waals surface area contributed by atoms with E-state index in [1.807, 2.05) is 6.07 Å². The number of carbonyl (C=O) groups is 1. The summed E-state index contributed by atoms with van der Waals surface area (Å²) in [7, 11) is -2.10. The van der Waals surface area contributed by atoms with E-state index in [-0.39, 0.29) is 10.8 Å². The third-order valence-electron chi connectivity index (χ3n) is 4.24. The van der Waals surface area contributed by atoms with Crippen LogP contribution in [-0.4, -0.2) is 21.4 Å². The first-order valence-corrected chi connectivity index (χ1v) is 10.2. The van der Waals surface area contributed by atoms with Gasteiger partial charge in [-0.25, -0.2) is 13.1 Å². The van der Waals surface area contributed by atoms with Gasteiger partial charge in [0.2, 0.25) is 10.0 Å². The van der Waals surface area contributed by atoms with E-state index in [9.17, 15) is 13.2 Å². The minimum absolute atomic E-state index is 0.147. The van der Waals surface area contributed by atoms with Crippen LogP contribution in [-0.2, 0) is 22.9 Å². The zero-order valence-corrected chi connectivity index (χ0v) is 15.3. The normalized spacial score (nSPS) is 17.3. The molecule has 2 N–H and O–H groups in total. The zero-order valence-electron chi connectivity index (χ0n) is 13.6. The summed E-state index contributed by atoms with van der Waals surface area (Å²) >= 11 is 1.56. The quantitative estimate of drug-likeness (QED) is 0.876. The molecule has 0 bridgehead atoms. The second-order valence-electron chi connectivity index (χ2n) is 6.09. The number of thiophene rings is 1. The molecule has 3 rings (SSSR count). The number of fused-ring (bicyclic) bond motifs is 1. The molecule has 0 unspecified atom stereocenters. The van der Waals surface area contributed by atoms with Gasteiger partial charge in [-0.3, -0.25) is 4.79 Å². The molecule has 1 aromatic heterocycles. The first-order chi connectivity index (χ1) is 11.4. The number of anilines is 1. The molecule has 128 valence electrons. The Balaban J connectivity index is 1.73.